The fourth-order valence-corrected chi connectivity index (χ4v) is 3.19. The zero-order chi connectivity index (χ0) is 22.5. The highest BCUT2D eigenvalue weighted by molar-refractivity contribution is 5.52. The van der Waals surface area contributed by atoms with E-state index in [1.807, 2.05) is 0 Å². The van der Waals surface area contributed by atoms with E-state index >= 15 is 0 Å². The molecule has 0 aliphatic carbocycles. The summed E-state index contributed by atoms with van der Waals surface area (Å²) in [6.07, 6.45) is 3.01. The minimum atomic E-state index is -0.563. The highest BCUT2D eigenvalue weighted by Gasteiger charge is 2.11. The first kappa shape index (κ1) is 21.4. The van der Waals surface area contributed by atoms with E-state index in [-0.39, 0.29) is 23.4 Å². The van der Waals surface area contributed by atoms with Crippen LogP contribution in [0.4, 0.5) is 8.78 Å². The molecule has 0 amide bonds. The second-order valence-electron chi connectivity index (χ2n) is 7.22. The standard InChI is InChI=1S/C22H20F2N4O4/c23-17-9-5-15(6-10-17)19-25-27(21(29)31-19)13-3-1-2-4-14-28-22(30)32-20(26-28)16-7-11-18(24)12-8-16/h5-12H,1-4,13-14H2. The maximum atomic E-state index is 13.0. The van der Waals surface area contributed by atoms with Crippen LogP contribution in [-0.2, 0) is 13.1 Å². The van der Waals surface area contributed by atoms with Crippen molar-refractivity contribution in [1.29, 1.82) is 0 Å². The molecular formula is C22H20F2N4O4. The third-order valence-corrected chi connectivity index (χ3v) is 4.88. The van der Waals surface area contributed by atoms with Gasteiger partial charge in [-0.05, 0) is 61.4 Å². The molecule has 4 aromatic rings. The van der Waals surface area contributed by atoms with Crippen LogP contribution in [0.25, 0.3) is 22.9 Å². The molecule has 10 heteroatoms. The Morgan fingerprint density at radius 1 is 0.625 bits per heavy atom. The van der Waals surface area contributed by atoms with Crippen molar-refractivity contribution >= 4 is 0 Å². The minimum absolute atomic E-state index is 0.150. The van der Waals surface area contributed by atoms with E-state index < -0.39 is 11.5 Å². The molecule has 2 aromatic carbocycles. The molecule has 0 aliphatic rings. The Kier molecular flexibility index (Phi) is 6.39. The topological polar surface area (TPSA) is 96.1 Å². The summed E-state index contributed by atoms with van der Waals surface area (Å²) >= 11 is 0. The van der Waals surface area contributed by atoms with Crippen molar-refractivity contribution in [1.82, 2.24) is 19.6 Å². The first-order valence-electron chi connectivity index (χ1n) is 10.2. The quantitative estimate of drug-likeness (QED) is 0.365. The predicted molar refractivity (Wildman–Crippen MR) is 111 cm³/mol. The van der Waals surface area contributed by atoms with Crippen LogP contribution >= 0.6 is 0 Å². The zero-order valence-electron chi connectivity index (χ0n) is 17.0. The largest absolute Gasteiger partial charge is 0.437 e. The summed E-state index contributed by atoms with van der Waals surface area (Å²) in [5.74, 6) is -1.58. The maximum absolute atomic E-state index is 13.0. The van der Waals surface area contributed by atoms with Crippen LogP contribution in [0.2, 0.25) is 0 Å². The van der Waals surface area contributed by atoms with Gasteiger partial charge in [-0.2, -0.15) is 9.36 Å². The number of aromatic nitrogens is 4. The lowest BCUT2D eigenvalue weighted by atomic mass is 10.2. The lowest BCUT2D eigenvalue weighted by Crippen LogP contribution is -2.16. The molecule has 0 radical (unpaired) electrons. The van der Waals surface area contributed by atoms with Gasteiger partial charge in [-0.15, -0.1) is 10.2 Å². The molecule has 8 nitrogen and oxygen atoms in total. The van der Waals surface area contributed by atoms with Gasteiger partial charge in [0.1, 0.15) is 11.6 Å². The zero-order valence-corrected chi connectivity index (χ0v) is 17.0. The summed E-state index contributed by atoms with van der Waals surface area (Å²) in [6.45, 7) is 0.782. The van der Waals surface area contributed by atoms with Crippen LogP contribution in [-0.4, -0.2) is 19.6 Å². The van der Waals surface area contributed by atoms with Gasteiger partial charge in [0.2, 0.25) is 11.8 Å². The van der Waals surface area contributed by atoms with Crippen LogP contribution < -0.4 is 11.5 Å². The monoisotopic (exact) mass is 442 g/mol. The summed E-state index contributed by atoms with van der Waals surface area (Å²) in [6, 6.07) is 11.1. The van der Waals surface area contributed by atoms with Crippen molar-refractivity contribution in [2.75, 3.05) is 0 Å². The Balaban J connectivity index is 1.24. The van der Waals surface area contributed by atoms with Crippen molar-refractivity contribution in [2.45, 2.75) is 38.8 Å². The summed E-state index contributed by atoms with van der Waals surface area (Å²) in [5.41, 5.74) is 1.06. The number of hydrogen-bond acceptors (Lipinski definition) is 6. The third-order valence-electron chi connectivity index (χ3n) is 4.88. The third kappa shape index (κ3) is 5.08. The average Bonchev–Trinajstić information content (AvgIpc) is 3.34. The lowest BCUT2D eigenvalue weighted by molar-refractivity contribution is 0.445. The molecule has 32 heavy (non-hydrogen) atoms. The van der Waals surface area contributed by atoms with Gasteiger partial charge < -0.3 is 8.83 Å². The van der Waals surface area contributed by atoms with E-state index in [4.69, 9.17) is 8.83 Å². The molecule has 0 bridgehead atoms. The van der Waals surface area contributed by atoms with Crippen LogP contribution in [0.3, 0.4) is 0 Å². The number of aryl methyl sites for hydroxylation is 2. The first-order valence-corrected chi connectivity index (χ1v) is 10.2. The minimum Gasteiger partial charge on any atom is -0.388 e. The van der Waals surface area contributed by atoms with Crippen LogP contribution in [0, 0.1) is 11.6 Å². The molecule has 0 spiro atoms. The number of rotatable bonds is 9. The SMILES string of the molecule is O=c1oc(-c2ccc(F)cc2)nn1CCCCCCn1nc(-c2ccc(F)cc2)oc1=O. The molecule has 0 saturated heterocycles. The van der Waals surface area contributed by atoms with Gasteiger partial charge in [0.25, 0.3) is 0 Å². The molecule has 4 rings (SSSR count). The molecule has 0 fully saturated rings. The van der Waals surface area contributed by atoms with Gasteiger partial charge >= 0.3 is 11.5 Å². The van der Waals surface area contributed by atoms with E-state index in [1.54, 1.807) is 0 Å². The van der Waals surface area contributed by atoms with E-state index in [9.17, 15) is 18.4 Å². The predicted octanol–water partition coefficient (Wildman–Crippen LogP) is 3.86. The summed E-state index contributed by atoms with van der Waals surface area (Å²) in [7, 11) is 0. The molecule has 2 aromatic heterocycles. The molecule has 0 aliphatic heterocycles. The van der Waals surface area contributed by atoms with Crippen molar-refractivity contribution < 1.29 is 17.6 Å². The van der Waals surface area contributed by atoms with E-state index in [0.717, 1.165) is 12.8 Å². The first-order chi connectivity index (χ1) is 15.5. The Morgan fingerprint density at radius 2 is 1.00 bits per heavy atom. The highest BCUT2D eigenvalue weighted by atomic mass is 19.1. The Hall–Kier alpha value is -3.82. The lowest BCUT2D eigenvalue weighted by Gasteiger charge is -2.01. The Labute approximate surface area is 180 Å². The molecule has 0 unspecified atom stereocenters. The molecule has 0 saturated carbocycles. The molecule has 0 atom stereocenters. The van der Waals surface area contributed by atoms with Crippen molar-refractivity contribution in [2.24, 2.45) is 0 Å². The second kappa shape index (κ2) is 9.54. The second-order valence-corrected chi connectivity index (χ2v) is 7.22. The molecule has 2 heterocycles. The van der Waals surface area contributed by atoms with Gasteiger partial charge in [-0.3, -0.25) is 0 Å². The van der Waals surface area contributed by atoms with E-state index in [0.29, 0.717) is 37.1 Å². The summed E-state index contributed by atoms with van der Waals surface area (Å²) < 4.78 is 38.8. The number of unbranched alkanes of at least 4 members (excludes halogenated alkanes) is 3. The number of benzene rings is 2. The fraction of sp³-hybridized carbons (Fsp3) is 0.273. The Morgan fingerprint density at radius 3 is 1.38 bits per heavy atom. The molecular weight excluding hydrogens is 422 g/mol. The van der Waals surface area contributed by atoms with Gasteiger partial charge in [0.15, 0.2) is 0 Å². The number of nitrogens with zero attached hydrogens (tertiary/aromatic N) is 4. The van der Waals surface area contributed by atoms with Crippen molar-refractivity contribution in [3.63, 3.8) is 0 Å². The maximum Gasteiger partial charge on any atom is 0.437 e. The Bertz CT molecular complexity index is 1190. The van der Waals surface area contributed by atoms with E-state index in [2.05, 4.69) is 10.2 Å². The molecule has 0 N–H and O–H groups in total. The highest BCUT2D eigenvalue weighted by Crippen LogP contribution is 2.17. The summed E-state index contributed by atoms with van der Waals surface area (Å²) in [4.78, 5) is 23.9. The molecule has 166 valence electrons. The van der Waals surface area contributed by atoms with Crippen molar-refractivity contribution in [3.8, 4) is 22.9 Å². The van der Waals surface area contributed by atoms with Gasteiger partial charge in [0.05, 0.1) is 0 Å². The smallest absolute Gasteiger partial charge is 0.388 e. The number of hydrogen-bond donors (Lipinski definition) is 0. The number of halogens is 2. The average molecular weight is 442 g/mol. The fourth-order valence-electron chi connectivity index (χ4n) is 3.19. The van der Waals surface area contributed by atoms with Crippen molar-refractivity contribution in [3.05, 3.63) is 81.3 Å². The summed E-state index contributed by atoms with van der Waals surface area (Å²) in [5, 5.41) is 8.29. The van der Waals surface area contributed by atoms with Crippen LogP contribution in [0.5, 0.6) is 0 Å². The van der Waals surface area contributed by atoms with Crippen LogP contribution in [0.1, 0.15) is 25.7 Å². The van der Waals surface area contributed by atoms with E-state index in [1.165, 1.54) is 57.9 Å². The normalized spacial score (nSPS) is 11.2. The van der Waals surface area contributed by atoms with Gasteiger partial charge in [-0.25, -0.2) is 18.4 Å². The van der Waals surface area contributed by atoms with Gasteiger partial charge in [-0.1, -0.05) is 12.8 Å². The van der Waals surface area contributed by atoms with Crippen LogP contribution in [0.15, 0.2) is 67.0 Å². The van der Waals surface area contributed by atoms with Gasteiger partial charge in [0, 0.05) is 24.2 Å².